The number of allylic oxidation sites excluding steroid dienone is 2. The maximum Gasteiger partial charge on any atom is 0.266 e. The first-order valence-electron chi connectivity index (χ1n) is 10.6. The molecule has 0 radical (unpaired) electrons. The van der Waals surface area contributed by atoms with Crippen molar-refractivity contribution in [2.45, 2.75) is 58.4 Å². The van der Waals surface area contributed by atoms with Crippen LogP contribution in [0.2, 0.25) is 0 Å². The first-order valence-corrected chi connectivity index (χ1v) is 11.0. The number of hydrazine groups is 2. The van der Waals surface area contributed by atoms with Crippen LogP contribution in [0, 0.1) is 5.92 Å². The van der Waals surface area contributed by atoms with E-state index in [1.54, 1.807) is 13.1 Å². The molecule has 2 rings (SSSR count). The Kier molecular flexibility index (Phi) is 8.56. The minimum atomic E-state index is -3.09. The number of carbonyl (C=O) groups is 1. The van der Waals surface area contributed by atoms with Gasteiger partial charge in [0, 0.05) is 47.0 Å². The van der Waals surface area contributed by atoms with E-state index in [0.717, 1.165) is 22.1 Å². The van der Waals surface area contributed by atoms with Gasteiger partial charge in [-0.3, -0.25) is 19.8 Å². The summed E-state index contributed by atoms with van der Waals surface area (Å²) in [5.41, 5.74) is 0.613. The van der Waals surface area contributed by atoms with Crippen LogP contribution in [0.4, 0.5) is 8.78 Å². The van der Waals surface area contributed by atoms with E-state index in [9.17, 15) is 13.6 Å². The summed E-state index contributed by atoms with van der Waals surface area (Å²) in [4.78, 5) is 21.6. The van der Waals surface area contributed by atoms with Crippen LogP contribution in [0.1, 0.15) is 47.0 Å². The molecule has 5 N–H and O–H groups in total. The zero-order valence-corrected chi connectivity index (χ0v) is 20.2. The fourth-order valence-corrected chi connectivity index (χ4v) is 3.65. The van der Waals surface area contributed by atoms with Crippen molar-refractivity contribution in [2.24, 2.45) is 27.6 Å². The third-order valence-electron chi connectivity index (χ3n) is 5.95. The molecule has 0 fully saturated rings. The van der Waals surface area contributed by atoms with Gasteiger partial charge in [0.1, 0.15) is 17.9 Å². The lowest BCUT2D eigenvalue weighted by molar-refractivity contribution is -0.149. The van der Waals surface area contributed by atoms with E-state index in [1.807, 2.05) is 13.1 Å². The Hall–Kier alpha value is -2.56. The number of nitrogens with one attached hydrogen (secondary N) is 1. The first kappa shape index (κ1) is 26.7. The smallest absolute Gasteiger partial charge is 0.266 e. The molecule has 1 unspecified atom stereocenters. The van der Waals surface area contributed by atoms with Crippen LogP contribution in [0.15, 0.2) is 57.5 Å². The van der Waals surface area contributed by atoms with Gasteiger partial charge in [-0.25, -0.2) is 25.5 Å². The Labute approximate surface area is 198 Å². The fourth-order valence-electron chi connectivity index (χ4n) is 3.45. The number of nitrogens with two attached hydrogens (primary N) is 2. The van der Waals surface area contributed by atoms with Crippen LogP contribution in [0.25, 0.3) is 0 Å². The number of carbonyl (C=O) groups excluding carboxylic acids is 1. The van der Waals surface area contributed by atoms with Gasteiger partial charge in [-0.2, -0.15) is 0 Å². The van der Waals surface area contributed by atoms with Crippen molar-refractivity contribution in [3.63, 3.8) is 0 Å². The number of amides is 1. The molecule has 0 aliphatic carbocycles. The third kappa shape index (κ3) is 6.07. The standard InChI is InChI=1S/C22H32ClF2N7O/c1-6-21(5,20(33)31(26)13-22(24,25)7-2)32(27)14(3)8-9-28-15(4)18-12-30-19-17(18)10-16(23)11-29-19/h8-9,11-12,17H,3,6-7,10,13,26-27H2,1-2,4-5H3,(H,29,30)/b9-8-,28-15+/t17?,21-/m0/s1. The molecule has 0 aromatic carbocycles. The molecule has 0 aromatic heterocycles. The Morgan fingerprint density at radius 2 is 2.09 bits per heavy atom. The molecular weight excluding hydrogens is 452 g/mol. The number of hydrogen-bond donors (Lipinski definition) is 3. The number of alkyl halides is 2. The van der Waals surface area contributed by atoms with E-state index < -0.39 is 30.3 Å². The van der Waals surface area contributed by atoms with Gasteiger partial charge in [-0.05, 0) is 32.8 Å². The average molecular weight is 484 g/mol. The van der Waals surface area contributed by atoms with E-state index in [1.165, 1.54) is 26.1 Å². The van der Waals surface area contributed by atoms with E-state index in [-0.39, 0.29) is 18.0 Å². The molecule has 2 atom stereocenters. The summed E-state index contributed by atoms with van der Waals surface area (Å²) in [6, 6.07) is 0. The molecule has 0 bridgehead atoms. The van der Waals surface area contributed by atoms with Gasteiger partial charge in [0.2, 0.25) is 0 Å². The summed E-state index contributed by atoms with van der Waals surface area (Å²) >= 11 is 6.11. The van der Waals surface area contributed by atoms with Gasteiger partial charge >= 0.3 is 0 Å². The largest absolute Gasteiger partial charge is 0.349 e. The number of aliphatic imine (C=N–C) groups is 2. The van der Waals surface area contributed by atoms with Crippen LogP contribution >= 0.6 is 11.6 Å². The number of fused-ring (bicyclic) bond motifs is 1. The number of rotatable bonds is 10. The highest BCUT2D eigenvalue weighted by atomic mass is 35.5. The van der Waals surface area contributed by atoms with E-state index in [4.69, 9.17) is 23.3 Å². The van der Waals surface area contributed by atoms with Gasteiger partial charge < -0.3 is 5.32 Å². The van der Waals surface area contributed by atoms with Crippen LogP contribution in [-0.2, 0) is 4.79 Å². The first-order chi connectivity index (χ1) is 15.4. The molecular formula is C22H32ClF2N7O. The van der Waals surface area contributed by atoms with Crippen LogP contribution in [-0.4, -0.2) is 45.5 Å². The van der Waals surface area contributed by atoms with Crippen molar-refractivity contribution in [1.82, 2.24) is 15.3 Å². The summed E-state index contributed by atoms with van der Waals surface area (Å²) in [5, 5.41) is 5.45. The predicted molar refractivity (Wildman–Crippen MR) is 128 cm³/mol. The van der Waals surface area contributed by atoms with Gasteiger partial charge in [-0.15, -0.1) is 0 Å². The van der Waals surface area contributed by atoms with Gasteiger partial charge in [-0.1, -0.05) is 32.0 Å². The third-order valence-corrected chi connectivity index (χ3v) is 6.20. The zero-order valence-electron chi connectivity index (χ0n) is 19.4. The molecule has 0 saturated heterocycles. The molecule has 11 heteroatoms. The summed E-state index contributed by atoms with van der Waals surface area (Å²) in [6.07, 6.45) is 6.96. The topological polar surface area (TPSA) is 112 Å². The van der Waals surface area contributed by atoms with Crippen molar-refractivity contribution >= 4 is 29.1 Å². The minimum Gasteiger partial charge on any atom is -0.349 e. The highest BCUT2D eigenvalue weighted by molar-refractivity contribution is 6.30. The van der Waals surface area contributed by atoms with Gasteiger partial charge in [0.15, 0.2) is 0 Å². The Morgan fingerprint density at radius 1 is 1.42 bits per heavy atom. The molecule has 1 amide bonds. The SMILES string of the molecule is C=C(/C=C\N=C(/C)C1=CNC2=NC=C(Cl)CC12)N(N)[C@@](C)(CC)C(=O)N(N)CC(F)(F)CC. The minimum absolute atomic E-state index is 0.0200. The van der Waals surface area contributed by atoms with Crippen molar-refractivity contribution in [1.29, 1.82) is 0 Å². The number of hydrogen-bond acceptors (Lipinski definition) is 7. The van der Waals surface area contributed by atoms with E-state index in [0.29, 0.717) is 16.5 Å². The highest BCUT2D eigenvalue weighted by Gasteiger charge is 2.42. The lowest BCUT2D eigenvalue weighted by atomic mass is 9.93. The second-order valence-electron chi connectivity index (χ2n) is 8.25. The molecule has 0 aromatic rings. The second-order valence-corrected chi connectivity index (χ2v) is 8.74. The molecule has 2 heterocycles. The molecule has 0 saturated carbocycles. The zero-order chi connectivity index (χ0) is 25.0. The predicted octanol–water partition coefficient (Wildman–Crippen LogP) is 3.55. The van der Waals surface area contributed by atoms with E-state index >= 15 is 0 Å². The number of halogens is 3. The fraction of sp³-hybridized carbons (Fsp3) is 0.500. The van der Waals surface area contributed by atoms with Crippen molar-refractivity contribution in [2.75, 3.05) is 6.54 Å². The Morgan fingerprint density at radius 3 is 2.70 bits per heavy atom. The van der Waals surface area contributed by atoms with Crippen LogP contribution in [0.5, 0.6) is 0 Å². The average Bonchev–Trinajstić information content (AvgIpc) is 3.20. The van der Waals surface area contributed by atoms with Gasteiger partial charge in [0.25, 0.3) is 11.8 Å². The van der Waals surface area contributed by atoms with Crippen LogP contribution < -0.4 is 17.0 Å². The molecule has 33 heavy (non-hydrogen) atoms. The summed E-state index contributed by atoms with van der Waals surface area (Å²) < 4.78 is 27.4. The summed E-state index contributed by atoms with van der Waals surface area (Å²) in [6.45, 7) is 9.42. The molecule has 0 spiro atoms. The van der Waals surface area contributed by atoms with Gasteiger partial charge in [0.05, 0.1) is 5.92 Å². The van der Waals surface area contributed by atoms with E-state index in [2.05, 4.69) is 21.9 Å². The maximum absolute atomic E-state index is 13.7. The monoisotopic (exact) mass is 483 g/mol. The number of amidine groups is 1. The normalized spacial score (nSPS) is 20.3. The van der Waals surface area contributed by atoms with Crippen molar-refractivity contribution < 1.29 is 13.6 Å². The molecule has 8 nitrogen and oxygen atoms in total. The summed E-state index contributed by atoms with van der Waals surface area (Å²) in [7, 11) is 0. The van der Waals surface area contributed by atoms with Crippen molar-refractivity contribution in [3.05, 3.63) is 47.6 Å². The highest BCUT2D eigenvalue weighted by Crippen LogP contribution is 2.31. The van der Waals surface area contributed by atoms with Crippen molar-refractivity contribution in [3.8, 4) is 0 Å². The summed E-state index contributed by atoms with van der Waals surface area (Å²) in [5.74, 6) is 8.86. The molecule has 2 aliphatic heterocycles. The lowest BCUT2D eigenvalue weighted by Crippen LogP contribution is -2.62. The second kappa shape index (κ2) is 10.6. The van der Waals surface area contributed by atoms with Crippen LogP contribution in [0.3, 0.4) is 0 Å². The molecule has 182 valence electrons. The Bertz CT molecular complexity index is 941. The molecule has 2 aliphatic rings. The number of nitrogens with zero attached hydrogens (tertiary/aromatic N) is 4. The maximum atomic E-state index is 13.7. The Balaban J connectivity index is 2.09. The quantitative estimate of drug-likeness (QED) is 0.145. The lowest BCUT2D eigenvalue weighted by Gasteiger charge is -2.40.